The van der Waals surface area contributed by atoms with Gasteiger partial charge in [-0.3, -0.25) is 4.79 Å². The number of hydrogen-bond donors (Lipinski definition) is 1. The van der Waals surface area contributed by atoms with E-state index in [-0.39, 0.29) is 5.57 Å². The van der Waals surface area contributed by atoms with Gasteiger partial charge in [0.25, 0.3) is 5.91 Å². The molecule has 7 heteroatoms. The van der Waals surface area contributed by atoms with Crippen molar-refractivity contribution in [2.45, 2.75) is 13.8 Å². The minimum Gasteiger partial charge on any atom is -0.306 e. The topological polar surface area (TPSA) is 88.5 Å². The number of nitriles is 1. The van der Waals surface area contributed by atoms with E-state index < -0.39 is 5.91 Å². The number of carbonyl (C=O) groups is 1. The van der Waals surface area contributed by atoms with Gasteiger partial charge in [-0.25, -0.2) is 9.36 Å². The smallest absolute Gasteiger partial charge is 0.267 e. The largest absolute Gasteiger partial charge is 0.306 e. The highest BCUT2D eigenvalue weighted by Crippen LogP contribution is 2.19. The summed E-state index contributed by atoms with van der Waals surface area (Å²) >= 11 is 0. The van der Waals surface area contributed by atoms with Crippen LogP contribution in [-0.4, -0.2) is 25.5 Å². The van der Waals surface area contributed by atoms with E-state index >= 15 is 0 Å². The van der Waals surface area contributed by atoms with Gasteiger partial charge in [-0.15, -0.1) is 0 Å². The zero-order valence-corrected chi connectivity index (χ0v) is 17.1. The second-order valence-electron chi connectivity index (χ2n) is 7.10. The van der Waals surface area contributed by atoms with E-state index in [9.17, 15) is 10.1 Å². The van der Waals surface area contributed by atoms with Gasteiger partial charge in [-0.05, 0) is 44.2 Å². The number of para-hydroxylation sites is 1. The van der Waals surface area contributed by atoms with Crippen molar-refractivity contribution >= 4 is 17.8 Å². The molecule has 0 aliphatic rings. The van der Waals surface area contributed by atoms with Crippen molar-refractivity contribution in [3.63, 3.8) is 0 Å². The summed E-state index contributed by atoms with van der Waals surface area (Å²) in [6.45, 7) is 3.85. The molecule has 0 aliphatic heterocycles. The molecule has 152 valence electrons. The standard InChI is InChI=1S/C24H20N6O/c1-17-8-10-22(11-9-17)30-23(12-18(2)28-30)27-24(31)20(14-25)13-19-15-26-29(16-19)21-6-4-3-5-7-21/h3-13,15-16H,1-2H3,(H,27,31)/b20-13+. The molecule has 0 radical (unpaired) electrons. The SMILES string of the molecule is Cc1ccc(-n2nc(C)cc2NC(=O)/C(C#N)=C/c2cnn(-c3ccccc3)c2)cc1. The number of hydrogen-bond acceptors (Lipinski definition) is 4. The van der Waals surface area contributed by atoms with E-state index in [1.54, 1.807) is 27.8 Å². The first-order valence-corrected chi connectivity index (χ1v) is 9.70. The van der Waals surface area contributed by atoms with E-state index in [1.807, 2.05) is 74.5 Å². The predicted molar refractivity (Wildman–Crippen MR) is 119 cm³/mol. The summed E-state index contributed by atoms with van der Waals surface area (Å²) in [5.74, 6) is -0.0179. The Morgan fingerprint density at radius 1 is 1.06 bits per heavy atom. The van der Waals surface area contributed by atoms with E-state index in [1.165, 1.54) is 6.08 Å². The Kier molecular flexibility index (Phi) is 5.45. The molecular weight excluding hydrogens is 388 g/mol. The van der Waals surface area contributed by atoms with Crippen LogP contribution >= 0.6 is 0 Å². The van der Waals surface area contributed by atoms with Crippen LogP contribution in [0.25, 0.3) is 17.5 Å². The Morgan fingerprint density at radius 2 is 1.81 bits per heavy atom. The quantitative estimate of drug-likeness (QED) is 0.396. The van der Waals surface area contributed by atoms with Crippen LogP contribution in [0, 0.1) is 25.2 Å². The van der Waals surface area contributed by atoms with Crippen LogP contribution in [-0.2, 0) is 4.79 Å². The van der Waals surface area contributed by atoms with Crippen molar-refractivity contribution in [1.29, 1.82) is 5.26 Å². The van der Waals surface area contributed by atoms with Crippen molar-refractivity contribution < 1.29 is 4.79 Å². The molecule has 2 heterocycles. The molecule has 0 saturated heterocycles. The third kappa shape index (κ3) is 4.43. The van der Waals surface area contributed by atoms with Crippen LogP contribution in [0.3, 0.4) is 0 Å². The highest BCUT2D eigenvalue weighted by molar-refractivity contribution is 6.09. The fraction of sp³-hybridized carbons (Fsp3) is 0.0833. The van der Waals surface area contributed by atoms with E-state index in [0.717, 1.165) is 22.6 Å². The molecule has 0 fully saturated rings. The first kappa shape index (κ1) is 19.9. The molecule has 0 unspecified atom stereocenters. The van der Waals surface area contributed by atoms with Gasteiger partial charge in [0, 0.05) is 17.8 Å². The molecule has 4 aromatic rings. The molecule has 0 bridgehead atoms. The fourth-order valence-corrected chi connectivity index (χ4v) is 3.10. The maximum absolute atomic E-state index is 12.8. The van der Waals surface area contributed by atoms with Crippen molar-refractivity contribution in [3.05, 3.63) is 95.5 Å². The number of amides is 1. The molecule has 4 rings (SSSR count). The number of rotatable bonds is 5. The van der Waals surface area contributed by atoms with Gasteiger partial charge in [-0.2, -0.15) is 15.5 Å². The third-order valence-corrected chi connectivity index (χ3v) is 4.65. The molecule has 0 spiro atoms. The summed E-state index contributed by atoms with van der Waals surface area (Å²) in [7, 11) is 0. The Balaban J connectivity index is 1.58. The molecule has 2 aromatic carbocycles. The van der Waals surface area contributed by atoms with Crippen LogP contribution in [0.5, 0.6) is 0 Å². The van der Waals surface area contributed by atoms with Gasteiger partial charge in [0.1, 0.15) is 17.5 Å². The second-order valence-corrected chi connectivity index (χ2v) is 7.10. The van der Waals surface area contributed by atoms with E-state index in [0.29, 0.717) is 11.4 Å². The third-order valence-electron chi connectivity index (χ3n) is 4.65. The lowest BCUT2D eigenvalue weighted by Crippen LogP contribution is -2.16. The number of nitrogens with one attached hydrogen (secondary N) is 1. The average Bonchev–Trinajstić information content (AvgIpc) is 3.39. The molecule has 1 N–H and O–H groups in total. The number of aryl methyl sites for hydroxylation is 2. The first-order valence-electron chi connectivity index (χ1n) is 9.70. The zero-order chi connectivity index (χ0) is 21.8. The summed E-state index contributed by atoms with van der Waals surface area (Å²) < 4.78 is 3.34. The molecule has 2 aromatic heterocycles. The molecule has 1 amide bonds. The van der Waals surface area contributed by atoms with Crippen molar-refractivity contribution in [2.24, 2.45) is 0 Å². The normalized spacial score (nSPS) is 11.2. The van der Waals surface area contributed by atoms with Crippen LogP contribution in [0.1, 0.15) is 16.8 Å². The summed E-state index contributed by atoms with van der Waals surface area (Å²) in [5, 5.41) is 21.1. The lowest BCUT2D eigenvalue weighted by Gasteiger charge is -2.09. The maximum Gasteiger partial charge on any atom is 0.267 e. The van der Waals surface area contributed by atoms with Crippen LogP contribution < -0.4 is 5.32 Å². The van der Waals surface area contributed by atoms with Crippen molar-refractivity contribution in [1.82, 2.24) is 19.6 Å². The minimum absolute atomic E-state index is 0.0260. The van der Waals surface area contributed by atoms with Crippen LogP contribution in [0.4, 0.5) is 5.82 Å². The first-order chi connectivity index (χ1) is 15.0. The average molecular weight is 408 g/mol. The van der Waals surface area contributed by atoms with Gasteiger partial charge in [0.15, 0.2) is 0 Å². The van der Waals surface area contributed by atoms with E-state index in [2.05, 4.69) is 15.5 Å². The Morgan fingerprint density at radius 3 is 2.52 bits per heavy atom. The zero-order valence-electron chi connectivity index (χ0n) is 17.1. The lowest BCUT2D eigenvalue weighted by molar-refractivity contribution is -0.112. The number of carbonyl (C=O) groups excluding carboxylic acids is 1. The van der Waals surface area contributed by atoms with Gasteiger partial charge >= 0.3 is 0 Å². The summed E-state index contributed by atoms with van der Waals surface area (Å²) in [6, 6.07) is 21.1. The van der Waals surface area contributed by atoms with Crippen molar-refractivity contribution in [2.75, 3.05) is 5.32 Å². The van der Waals surface area contributed by atoms with Gasteiger partial charge < -0.3 is 5.32 Å². The number of nitrogens with zero attached hydrogens (tertiary/aromatic N) is 5. The van der Waals surface area contributed by atoms with Crippen molar-refractivity contribution in [3.8, 4) is 17.4 Å². The number of benzene rings is 2. The fourth-order valence-electron chi connectivity index (χ4n) is 3.10. The van der Waals surface area contributed by atoms with E-state index in [4.69, 9.17) is 0 Å². The highest BCUT2D eigenvalue weighted by atomic mass is 16.1. The molecule has 7 nitrogen and oxygen atoms in total. The Bertz CT molecular complexity index is 1290. The van der Waals surface area contributed by atoms with Crippen LogP contribution in [0.2, 0.25) is 0 Å². The number of aromatic nitrogens is 4. The minimum atomic E-state index is -0.511. The molecular formula is C24H20N6O. The molecule has 0 aliphatic carbocycles. The van der Waals surface area contributed by atoms with Gasteiger partial charge in [-0.1, -0.05) is 35.9 Å². The van der Waals surface area contributed by atoms with Gasteiger partial charge in [0.05, 0.1) is 23.3 Å². The molecule has 31 heavy (non-hydrogen) atoms. The van der Waals surface area contributed by atoms with Gasteiger partial charge in [0.2, 0.25) is 0 Å². The summed E-state index contributed by atoms with van der Waals surface area (Å²) in [6.07, 6.45) is 4.89. The monoisotopic (exact) mass is 408 g/mol. The lowest BCUT2D eigenvalue weighted by atomic mass is 10.2. The second kappa shape index (κ2) is 8.51. The summed E-state index contributed by atoms with van der Waals surface area (Å²) in [4.78, 5) is 12.8. The highest BCUT2D eigenvalue weighted by Gasteiger charge is 2.15. The summed E-state index contributed by atoms with van der Waals surface area (Å²) in [5.41, 5.74) is 4.22. The molecule has 0 saturated carbocycles. The Hall–Kier alpha value is -4.44. The predicted octanol–water partition coefficient (Wildman–Crippen LogP) is 4.22. The Labute approximate surface area is 179 Å². The number of anilines is 1. The van der Waals surface area contributed by atoms with Crippen LogP contribution in [0.15, 0.2) is 78.6 Å². The molecule has 0 atom stereocenters. The maximum atomic E-state index is 12.8.